The van der Waals surface area contributed by atoms with E-state index in [9.17, 15) is 14.7 Å². The molecule has 1 amide bonds. The Morgan fingerprint density at radius 2 is 1.58 bits per heavy atom. The molecule has 8 nitrogen and oxygen atoms in total. The van der Waals surface area contributed by atoms with E-state index in [0.29, 0.717) is 36.0 Å². The number of carboxylic acids is 1. The summed E-state index contributed by atoms with van der Waals surface area (Å²) in [5, 5.41) is 12.0. The summed E-state index contributed by atoms with van der Waals surface area (Å²) in [5.41, 5.74) is 1.83. The minimum absolute atomic E-state index is 0.0473. The Hall–Kier alpha value is -2.09. The Labute approximate surface area is 191 Å². The summed E-state index contributed by atoms with van der Waals surface area (Å²) >= 11 is 11.6. The van der Waals surface area contributed by atoms with E-state index in [0.717, 1.165) is 5.69 Å². The lowest BCUT2D eigenvalue weighted by atomic mass is 10.1. The Bertz CT molecular complexity index is 846. The molecule has 0 aliphatic carbocycles. The van der Waals surface area contributed by atoms with Gasteiger partial charge in [-0.25, -0.2) is 4.79 Å². The Kier molecular flexibility index (Phi) is 10.3. The fourth-order valence-corrected chi connectivity index (χ4v) is 3.57. The molecule has 0 radical (unpaired) electrons. The molecule has 168 valence electrons. The molecule has 4 N–H and O–H groups in total. The molecule has 2 rings (SSSR count). The summed E-state index contributed by atoms with van der Waals surface area (Å²) in [6.45, 7) is 1.23. The monoisotopic (exact) mass is 488 g/mol. The smallest absolute Gasteiger partial charge is 0.391 e. The van der Waals surface area contributed by atoms with Crippen molar-refractivity contribution in [1.82, 2.24) is 5.32 Å². The standard InChI is InChI=1S/C20H23Cl2N2O6P/c21-9-11-24(12-10-22)16-5-3-15(4-6-16)19(25)23-18(20(26)27)13-14-1-7-17(8-2-14)30-31(28)29/h1-8,18,28-29H,9-13H2,(H,23,25)(H,26,27)/t18-/m1/s1. The number of nitrogens with one attached hydrogen (secondary N) is 1. The lowest BCUT2D eigenvalue weighted by Crippen LogP contribution is -2.42. The Morgan fingerprint density at radius 1 is 1.00 bits per heavy atom. The van der Waals surface area contributed by atoms with Crippen LogP contribution < -0.4 is 14.7 Å². The largest absolute Gasteiger partial charge is 0.480 e. The number of hydrogen-bond donors (Lipinski definition) is 4. The molecular weight excluding hydrogens is 466 g/mol. The first kappa shape index (κ1) is 25.2. The number of carboxylic acid groups (broad SMARTS) is 1. The third-order valence-electron chi connectivity index (χ3n) is 4.36. The molecule has 11 heteroatoms. The number of anilines is 1. The molecule has 31 heavy (non-hydrogen) atoms. The quantitative estimate of drug-likeness (QED) is 0.267. The average Bonchev–Trinajstić information content (AvgIpc) is 2.74. The number of hydrogen-bond acceptors (Lipinski definition) is 6. The highest BCUT2D eigenvalue weighted by Gasteiger charge is 2.21. The van der Waals surface area contributed by atoms with Crippen LogP contribution in [0.3, 0.4) is 0 Å². The number of benzene rings is 2. The Morgan fingerprint density at radius 3 is 2.06 bits per heavy atom. The normalized spacial score (nSPS) is 11.8. The van der Waals surface area contributed by atoms with Gasteiger partial charge >= 0.3 is 14.6 Å². The summed E-state index contributed by atoms with van der Waals surface area (Å²) in [7, 11) is -2.53. The van der Waals surface area contributed by atoms with E-state index in [1.54, 1.807) is 36.4 Å². The maximum absolute atomic E-state index is 12.6. The van der Waals surface area contributed by atoms with Crippen molar-refractivity contribution in [1.29, 1.82) is 0 Å². The fourth-order valence-electron chi connectivity index (χ4n) is 2.86. The van der Waals surface area contributed by atoms with Crippen LogP contribution in [-0.2, 0) is 11.2 Å². The first-order valence-corrected chi connectivity index (χ1v) is 11.5. The molecule has 2 aromatic carbocycles. The zero-order valence-corrected chi connectivity index (χ0v) is 18.9. The van der Waals surface area contributed by atoms with Crippen molar-refractivity contribution >= 4 is 49.4 Å². The van der Waals surface area contributed by atoms with Crippen molar-refractivity contribution in [2.24, 2.45) is 0 Å². The maximum Gasteiger partial charge on any atom is 0.391 e. The molecule has 0 aromatic heterocycles. The lowest BCUT2D eigenvalue weighted by molar-refractivity contribution is -0.139. The van der Waals surface area contributed by atoms with Crippen molar-refractivity contribution < 1.29 is 29.0 Å². The SMILES string of the molecule is O=C(N[C@H](Cc1ccc(OP(O)O)cc1)C(=O)O)c1ccc(N(CCCl)CCCl)cc1. The van der Waals surface area contributed by atoms with E-state index < -0.39 is 26.5 Å². The van der Waals surface area contributed by atoms with Gasteiger partial charge in [-0.3, -0.25) is 4.79 Å². The molecule has 0 fully saturated rings. The lowest BCUT2D eigenvalue weighted by Gasteiger charge is -2.23. The van der Waals surface area contributed by atoms with Crippen LogP contribution in [-0.4, -0.2) is 57.7 Å². The van der Waals surface area contributed by atoms with Gasteiger partial charge in [-0.05, 0) is 42.0 Å². The van der Waals surface area contributed by atoms with Crippen LogP contribution in [0.15, 0.2) is 48.5 Å². The number of carbonyl (C=O) groups excluding carboxylic acids is 1. The summed E-state index contributed by atoms with van der Waals surface area (Å²) in [6.07, 6.45) is 0.0473. The van der Waals surface area contributed by atoms with E-state index in [2.05, 4.69) is 5.32 Å². The number of alkyl halides is 2. The number of nitrogens with zero attached hydrogens (tertiary/aromatic N) is 1. The number of amides is 1. The van der Waals surface area contributed by atoms with Gasteiger partial charge < -0.3 is 29.6 Å². The van der Waals surface area contributed by atoms with Gasteiger partial charge in [0.2, 0.25) is 0 Å². The van der Waals surface area contributed by atoms with E-state index >= 15 is 0 Å². The topological polar surface area (TPSA) is 119 Å². The predicted molar refractivity (Wildman–Crippen MR) is 121 cm³/mol. The average molecular weight is 489 g/mol. The van der Waals surface area contributed by atoms with Gasteiger partial charge in [0.1, 0.15) is 11.8 Å². The minimum Gasteiger partial charge on any atom is -0.480 e. The summed E-state index contributed by atoms with van der Waals surface area (Å²) in [5.74, 6) is -0.559. The van der Waals surface area contributed by atoms with Crippen molar-refractivity contribution in [3.8, 4) is 5.75 Å². The van der Waals surface area contributed by atoms with Gasteiger partial charge in [-0.2, -0.15) is 0 Å². The first-order chi connectivity index (χ1) is 14.8. The Balaban J connectivity index is 2.04. The molecule has 0 heterocycles. The third kappa shape index (κ3) is 8.16. The van der Waals surface area contributed by atoms with Gasteiger partial charge in [0, 0.05) is 42.5 Å². The number of carbonyl (C=O) groups is 2. The highest BCUT2D eigenvalue weighted by Crippen LogP contribution is 2.28. The highest BCUT2D eigenvalue weighted by atomic mass is 35.5. The van der Waals surface area contributed by atoms with Crippen LogP contribution in [0.2, 0.25) is 0 Å². The zero-order chi connectivity index (χ0) is 22.8. The van der Waals surface area contributed by atoms with Gasteiger partial charge in [-0.15, -0.1) is 23.2 Å². The van der Waals surface area contributed by atoms with Crippen molar-refractivity contribution in [3.63, 3.8) is 0 Å². The molecule has 0 aliphatic heterocycles. The summed E-state index contributed by atoms with van der Waals surface area (Å²) in [4.78, 5) is 43.9. The molecule has 0 saturated heterocycles. The summed E-state index contributed by atoms with van der Waals surface area (Å²) < 4.78 is 4.77. The van der Waals surface area contributed by atoms with Gasteiger partial charge in [0.15, 0.2) is 0 Å². The van der Waals surface area contributed by atoms with Crippen LogP contribution in [0.1, 0.15) is 15.9 Å². The predicted octanol–water partition coefficient (Wildman–Crippen LogP) is 2.99. The highest BCUT2D eigenvalue weighted by molar-refractivity contribution is 7.39. The van der Waals surface area contributed by atoms with E-state index in [-0.39, 0.29) is 12.2 Å². The molecular formula is C20H23Cl2N2O6P. The third-order valence-corrected chi connectivity index (χ3v) is 5.07. The summed E-state index contributed by atoms with van der Waals surface area (Å²) in [6, 6.07) is 11.8. The van der Waals surface area contributed by atoms with Crippen molar-refractivity contribution in [3.05, 3.63) is 59.7 Å². The van der Waals surface area contributed by atoms with Crippen LogP contribution in [0.5, 0.6) is 5.75 Å². The second kappa shape index (κ2) is 12.7. The minimum atomic E-state index is -2.53. The van der Waals surface area contributed by atoms with Gasteiger partial charge in [-0.1, -0.05) is 12.1 Å². The van der Waals surface area contributed by atoms with Crippen molar-refractivity contribution in [2.75, 3.05) is 29.7 Å². The maximum atomic E-state index is 12.6. The first-order valence-electron chi connectivity index (χ1n) is 9.29. The molecule has 0 aliphatic rings. The number of halogens is 2. The second-order valence-corrected chi connectivity index (χ2v) is 7.91. The molecule has 0 bridgehead atoms. The van der Waals surface area contributed by atoms with E-state index in [1.165, 1.54) is 12.1 Å². The van der Waals surface area contributed by atoms with E-state index in [4.69, 9.17) is 37.5 Å². The molecule has 1 atom stereocenters. The fraction of sp³-hybridized carbons (Fsp3) is 0.300. The van der Waals surface area contributed by atoms with Crippen LogP contribution in [0.4, 0.5) is 5.69 Å². The van der Waals surface area contributed by atoms with Gasteiger partial charge in [0.25, 0.3) is 5.91 Å². The zero-order valence-electron chi connectivity index (χ0n) is 16.4. The van der Waals surface area contributed by atoms with E-state index in [1.807, 2.05) is 4.90 Å². The molecule has 0 saturated carbocycles. The van der Waals surface area contributed by atoms with Gasteiger partial charge in [0.05, 0.1) is 0 Å². The number of aliphatic carboxylic acids is 1. The second-order valence-electron chi connectivity index (χ2n) is 6.47. The molecule has 2 aromatic rings. The van der Waals surface area contributed by atoms with Crippen LogP contribution in [0.25, 0.3) is 0 Å². The number of rotatable bonds is 12. The van der Waals surface area contributed by atoms with Crippen molar-refractivity contribution in [2.45, 2.75) is 12.5 Å². The van der Waals surface area contributed by atoms with Crippen LogP contribution >= 0.6 is 31.8 Å². The van der Waals surface area contributed by atoms with Crippen LogP contribution in [0, 0.1) is 0 Å². The molecule has 0 spiro atoms. The molecule has 0 unspecified atom stereocenters.